The van der Waals surface area contributed by atoms with Crippen LogP contribution in [0.5, 0.6) is 0 Å². The van der Waals surface area contributed by atoms with Gasteiger partial charge in [-0.2, -0.15) is 0 Å². The lowest BCUT2D eigenvalue weighted by molar-refractivity contribution is -0.126. The topological polar surface area (TPSA) is 75.7 Å². The maximum absolute atomic E-state index is 12.9. The highest BCUT2D eigenvalue weighted by Crippen LogP contribution is 2.26. The van der Waals surface area contributed by atoms with Crippen molar-refractivity contribution in [2.45, 2.75) is 25.2 Å². The molecule has 0 spiro atoms. The zero-order valence-electron chi connectivity index (χ0n) is 17.1. The van der Waals surface area contributed by atoms with Crippen LogP contribution in [0.4, 0.5) is 0 Å². The van der Waals surface area contributed by atoms with Gasteiger partial charge in [-0.05, 0) is 36.1 Å². The molecule has 1 amide bonds. The van der Waals surface area contributed by atoms with Gasteiger partial charge in [0.1, 0.15) is 0 Å². The van der Waals surface area contributed by atoms with Crippen molar-refractivity contribution in [2.75, 3.05) is 26.2 Å². The van der Waals surface area contributed by atoms with Gasteiger partial charge < -0.3 is 10.1 Å². The maximum Gasteiger partial charge on any atom is 0.224 e. The minimum Gasteiger partial charge on any atom is -0.375 e. The van der Waals surface area contributed by atoms with Crippen LogP contribution < -0.4 is 5.32 Å². The Balaban J connectivity index is 1.46. The number of carbonyl (C=O) groups is 1. The van der Waals surface area contributed by atoms with Crippen molar-refractivity contribution in [3.8, 4) is 0 Å². The molecule has 1 saturated heterocycles. The Morgan fingerprint density at radius 2 is 1.87 bits per heavy atom. The standard InChI is InChI=1S/C22H26Cl2N2O4S/c23-20-9-8-18(13-21(20)24)16-31(28,29)26-11-4-7-19(14-26)22(27)25-10-12-30-15-17-5-2-1-3-6-17/h1-3,5-6,8-9,13,19H,4,7,10-12,14-16H2,(H,25,27)/t19-/m1/s1. The second kappa shape index (κ2) is 11.3. The normalized spacial score (nSPS) is 17.4. The highest BCUT2D eigenvalue weighted by molar-refractivity contribution is 7.88. The van der Waals surface area contributed by atoms with Gasteiger partial charge >= 0.3 is 0 Å². The molecule has 1 atom stereocenters. The first-order valence-electron chi connectivity index (χ1n) is 10.2. The molecule has 0 aromatic heterocycles. The molecular weight excluding hydrogens is 459 g/mol. The van der Waals surface area contributed by atoms with Crippen LogP contribution in [0.15, 0.2) is 48.5 Å². The van der Waals surface area contributed by atoms with E-state index in [0.29, 0.717) is 54.8 Å². The summed E-state index contributed by atoms with van der Waals surface area (Å²) in [5.41, 5.74) is 1.64. The number of hydrogen-bond donors (Lipinski definition) is 1. The highest BCUT2D eigenvalue weighted by atomic mass is 35.5. The second-order valence-corrected chi connectivity index (χ2v) is 10.3. The molecule has 9 heteroatoms. The van der Waals surface area contributed by atoms with Gasteiger partial charge in [0.15, 0.2) is 0 Å². The lowest BCUT2D eigenvalue weighted by Crippen LogP contribution is -2.46. The molecule has 0 radical (unpaired) electrons. The van der Waals surface area contributed by atoms with Gasteiger partial charge in [0.25, 0.3) is 0 Å². The monoisotopic (exact) mass is 484 g/mol. The van der Waals surface area contributed by atoms with Crippen molar-refractivity contribution in [1.82, 2.24) is 9.62 Å². The summed E-state index contributed by atoms with van der Waals surface area (Å²) in [7, 11) is -3.57. The molecule has 2 aromatic rings. The Morgan fingerprint density at radius 1 is 1.10 bits per heavy atom. The lowest BCUT2D eigenvalue weighted by Gasteiger charge is -2.31. The average molecular weight is 485 g/mol. The molecule has 1 N–H and O–H groups in total. The molecule has 1 aliphatic rings. The van der Waals surface area contributed by atoms with E-state index in [1.54, 1.807) is 18.2 Å². The Labute approximate surface area is 193 Å². The van der Waals surface area contributed by atoms with Gasteiger partial charge in [0, 0.05) is 19.6 Å². The number of sulfonamides is 1. The molecule has 1 fully saturated rings. The van der Waals surface area contributed by atoms with Crippen molar-refractivity contribution >= 4 is 39.1 Å². The summed E-state index contributed by atoms with van der Waals surface area (Å²) in [6.45, 7) is 1.86. The quantitative estimate of drug-likeness (QED) is 0.548. The lowest BCUT2D eigenvalue weighted by atomic mass is 9.99. The largest absolute Gasteiger partial charge is 0.375 e. The van der Waals surface area contributed by atoms with Crippen LogP contribution in [0.1, 0.15) is 24.0 Å². The molecule has 1 aliphatic heterocycles. The third-order valence-electron chi connectivity index (χ3n) is 5.14. The smallest absolute Gasteiger partial charge is 0.224 e. The van der Waals surface area contributed by atoms with Crippen molar-refractivity contribution in [3.05, 3.63) is 69.7 Å². The Morgan fingerprint density at radius 3 is 2.61 bits per heavy atom. The van der Waals surface area contributed by atoms with Crippen molar-refractivity contribution < 1.29 is 17.9 Å². The summed E-state index contributed by atoms with van der Waals surface area (Å²) in [5, 5.41) is 3.56. The Kier molecular flexibility index (Phi) is 8.75. The molecule has 6 nitrogen and oxygen atoms in total. The fourth-order valence-electron chi connectivity index (χ4n) is 3.50. The molecular formula is C22H26Cl2N2O4S. The summed E-state index contributed by atoms with van der Waals surface area (Å²) in [6, 6.07) is 14.6. The van der Waals surface area contributed by atoms with Crippen molar-refractivity contribution in [1.29, 1.82) is 0 Å². The first-order valence-corrected chi connectivity index (χ1v) is 12.5. The second-order valence-electron chi connectivity index (χ2n) is 7.53. The zero-order chi connectivity index (χ0) is 22.3. The minimum absolute atomic E-state index is 0.141. The van der Waals surface area contributed by atoms with Crippen LogP contribution in [-0.2, 0) is 31.9 Å². The molecule has 0 saturated carbocycles. The van der Waals surface area contributed by atoms with E-state index in [2.05, 4.69) is 5.32 Å². The summed E-state index contributed by atoms with van der Waals surface area (Å²) in [4.78, 5) is 12.5. The molecule has 0 aliphatic carbocycles. The van der Waals surface area contributed by atoms with Crippen LogP contribution in [-0.4, -0.2) is 44.9 Å². The van der Waals surface area contributed by atoms with E-state index in [9.17, 15) is 13.2 Å². The number of nitrogens with zero attached hydrogens (tertiary/aromatic N) is 1. The van der Waals surface area contributed by atoms with E-state index in [4.69, 9.17) is 27.9 Å². The Bertz CT molecular complexity index is 986. The zero-order valence-corrected chi connectivity index (χ0v) is 19.4. The molecule has 1 heterocycles. The number of piperidine rings is 1. The van der Waals surface area contributed by atoms with E-state index < -0.39 is 10.0 Å². The van der Waals surface area contributed by atoms with Gasteiger partial charge in [-0.3, -0.25) is 4.79 Å². The van der Waals surface area contributed by atoms with Gasteiger partial charge in [-0.1, -0.05) is 59.6 Å². The predicted molar refractivity (Wildman–Crippen MR) is 122 cm³/mol. The highest BCUT2D eigenvalue weighted by Gasteiger charge is 2.32. The van der Waals surface area contributed by atoms with Crippen LogP contribution in [0.3, 0.4) is 0 Å². The first kappa shape index (κ1) is 24.0. The molecule has 3 rings (SSSR count). The Hall–Kier alpha value is -1.64. The van der Waals surface area contributed by atoms with Crippen LogP contribution in [0, 0.1) is 5.92 Å². The molecule has 0 bridgehead atoms. The first-order chi connectivity index (χ1) is 14.8. The maximum atomic E-state index is 12.9. The summed E-state index contributed by atoms with van der Waals surface area (Å²) in [6.07, 6.45) is 1.30. The number of hydrogen-bond acceptors (Lipinski definition) is 4. The average Bonchev–Trinajstić information content (AvgIpc) is 2.76. The third kappa shape index (κ3) is 7.19. The summed E-state index contributed by atoms with van der Waals surface area (Å²) < 4.78 is 32.7. The third-order valence-corrected chi connectivity index (χ3v) is 7.69. The van der Waals surface area contributed by atoms with Crippen LogP contribution in [0.2, 0.25) is 10.0 Å². The van der Waals surface area contributed by atoms with Gasteiger partial charge in [-0.15, -0.1) is 0 Å². The van der Waals surface area contributed by atoms with Crippen LogP contribution in [0.25, 0.3) is 0 Å². The van der Waals surface area contributed by atoms with Gasteiger partial charge in [0.05, 0.1) is 34.9 Å². The van der Waals surface area contributed by atoms with Gasteiger partial charge in [-0.25, -0.2) is 12.7 Å². The van der Waals surface area contributed by atoms with E-state index in [-0.39, 0.29) is 24.1 Å². The predicted octanol–water partition coefficient (Wildman–Crippen LogP) is 3.87. The number of nitrogens with one attached hydrogen (secondary N) is 1. The minimum atomic E-state index is -3.57. The fourth-order valence-corrected chi connectivity index (χ4v) is 5.41. The summed E-state index contributed by atoms with van der Waals surface area (Å²) in [5.74, 6) is -0.685. The number of halogens is 2. The van der Waals surface area contributed by atoms with Crippen LogP contribution >= 0.6 is 23.2 Å². The molecule has 168 valence electrons. The van der Waals surface area contributed by atoms with Gasteiger partial charge in [0.2, 0.25) is 15.9 Å². The fraction of sp³-hybridized carbons (Fsp3) is 0.409. The molecule has 31 heavy (non-hydrogen) atoms. The number of carbonyl (C=O) groups excluding carboxylic acids is 1. The van der Waals surface area contributed by atoms with E-state index in [1.165, 1.54) is 4.31 Å². The van der Waals surface area contributed by atoms with E-state index in [0.717, 1.165) is 5.56 Å². The number of amides is 1. The number of rotatable bonds is 9. The number of ether oxygens (including phenoxy) is 1. The van der Waals surface area contributed by atoms with Crippen molar-refractivity contribution in [2.24, 2.45) is 5.92 Å². The SMILES string of the molecule is O=C(NCCOCc1ccccc1)[C@@H]1CCCN(S(=O)(=O)Cc2ccc(Cl)c(Cl)c2)C1. The number of benzene rings is 2. The van der Waals surface area contributed by atoms with E-state index in [1.807, 2.05) is 30.3 Å². The molecule has 0 unspecified atom stereocenters. The molecule has 2 aromatic carbocycles. The van der Waals surface area contributed by atoms with E-state index >= 15 is 0 Å². The van der Waals surface area contributed by atoms with Crippen molar-refractivity contribution in [3.63, 3.8) is 0 Å². The summed E-state index contributed by atoms with van der Waals surface area (Å²) >= 11 is 11.9.